The number of hydrogen-bond acceptors (Lipinski definition) is 5. The number of nitrogens with zero attached hydrogens (tertiary/aromatic N) is 1. The third-order valence-corrected chi connectivity index (χ3v) is 5.18. The van der Waals surface area contributed by atoms with E-state index in [-0.39, 0.29) is 17.9 Å². The van der Waals surface area contributed by atoms with Crippen LogP contribution in [-0.4, -0.2) is 43.7 Å². The van der Waals surface area contributed by atoms with Crippen molar-refractivity contribution in [2.24, 2.45) is 0 Å². The first kappa shape index (κ1) is 19.7. The van der Waals surface area contributed by atoms with Crippen LogP contribution in [0.25, 0.3) is 0 Å². The summed E-state index contributed by atoms with van der Waals surface area (Å²) in [5, 5.41) is 0. The summed E-state index contributed by atoms with van der Waals surface area (Å²) in [7, 11) is -3.66. The Kier molecular flexibility index (Phi) is 6.11. The highest BCUT2D eigenvalue weighted by Gasteiger charge is 2.34. The predicted molar refractivity (Wildman–Crippen MR) is 95.6 cm³/mol. The van der Waals surface area contributed by atoms with Gasteiger partial charge < -0.3 is 9.64 Å². The zero-order chi connectivity index (χ0) is 18.7. The van der Waals surface area contributed by atoms with Crippen LogP contribution in [0.2, 0.25) is 0 Å². The van der Waals surface area contributed by atoms with Crippen LogP contribution in [0.4, 0.5) is 4.79 Å². The van der Waals surface area contributed by atoms with Crippen molar-refractivity contribution >= 4 is 16.2 Å². The van der Waals surface area contributed by atoms with Crippen molar-refractivity contribution in [3.8, 4) is 0 Å². The van der Waals surface area contributed by atoms with Crippen molar-refractivity contribution < 1.29 is 22.1 Å². The van der Waals surface area contributed by atoms with E-state index in [0.717, 1.165) is 0 Å². The summed E-state index contributed by atoms with van der Waals surface area (Å²) in [6.45, 7) is 7.76. The van der Waals surface area contributed by atoms with Gasteiger partial charge in [0.2, 0.25) is 0 Å². The maximum atomic E-state index is 12.3. The Morgan fingerprint density at radius 3 is 2.44 bits per heavy atom. The van der Waals surface area contributed by atoms with Gasteiger partial charge in [-0.15, -0.1) is 0 Å². The van der Waals surface area contributed by atoms with Gasteiger partial charge in [-0.2, -0.15) is 8.42 Å². The number of amides is 1. The third kappa shape index (κ3) is 6.32. The van der Waals surface area contributed by atoms with Gasteiger partial charge in [-0.25, -0.2) is 4.79 Å². The smallest absolute Gasteiger partial charge is 0.410 e. The van der Waals surface area contributed by atoms with Gasteiger partial charge in [0, 0.05) is 12.6 Å². The van der Waals surface area contributed by atoms with Crippen LogP contribution in [0.3, 0.4) is 0 Å². The molecule has 25 heavy (non-hydrogen) atoms. The number of rotatable bonds is 4. The molecular weight excluding hydrogens is 342 g/mol. The number of likely N-dealkylation sites (tertiary alicyclic amines) is 1. The molecule has 1 aromatic rings. The van der Waals surface area contributed by atoms with Crippen LogP contribution in [0.1, 0.15) is 46.1 Å². The van der Waals surface area contributed by atoms with Crippen LogP contribution in [-0.2, 0) is 24.8 Å². The molecule has 7 heteroatoms. The minimum Gasteiger partial charge on any atom is -0.444 e. The molecule has 1 fully saturated rings. The normalized spacial score (nSPS) is 21.8. The lowest BCUT2D eigenvalue weighted by atomic mass is 10.0. The van der Waals surface area contributed by atoms with E-state index >= 15 is 0 Å². The van der Waals surface area contributed by atoms with Gasteiger partial charge in [0.1, 0.15) is 11.4 Å². The van der Waals surface area contributed by atoms with E-state index < -0.39 is 21.8 Å². The molecule has 2 atom stereocenters. The second kappa shape index (κ2) is 7.74. The van der Waals surface area contributed by atoms with Crippen molar-refractivity contribution in [1.29, 1.82) is 0 Å². The highest BCUT2D eigenvalue weighted by Crippen LogP contribution is 2.24. The number of hydrogen-bond donors (Lipinski definition) is 0. The van der Waals surface area contributed by atoms with E-state index in [0.29, 0.717) is 24.9 Å². The maximum absolute atomic E-state index is 12.3. The Labute approximate surface area is 150 Å². The summed E-state index contributed by atoms with van der Waals surface area (Å²) in [4.78, 5) is 13.8. The van der Waals surface area contributed by atoms with Crippen LogP contribution in [0, 0.1) is 0 Å². The van der Waals surface area contributed by atoms with E-state index in [1.807, 2.05) is 33.8 Å². The number of ether oxygens (including phenoxy) is 1. The topological polar surface area (TPSA) is 72.9 Å². The van der Waals surface area contributed by atoms with E-state index in [1.54, 1.807) is 29.2 Å². The van der Waals surface area contributed by atoms with E-state index in [9.17, 15) is 13.2 Å². The molecule has 2 rings (SSSR count). The fourth-order valence-corrected chi connectivity index (χ4v) is 4.09. The molecule has 0 bridgehead atoms. The third-order valence-electron chi connectivity index (χ3n) is 3.93. The van der Waals surface area contributed by atoms with Gasteiger partial charge >= 0.3 is 6.09 Å². The van der Waals surface area contributed by atoms with Crippen molar-refractivity contribution in [3.05, 3.63) is 35.9 Å². The van der Waals surface area contributed by atoms with Crippen molar-refractivity contribution in [3.63, 3.8) is 0 Å². The summed E-state index contributed by atoms with van der Waals surface area (Å²) in [6.07, 6.45) is 0.151. The summed E-state index contributed by atoms with van der Waals surface area (Å²) >= 11 is 0. The molecule has 0 unspecified atom stereocenters. The molecule has 1 saturated heterocycles. The minimum atomic E-state index is -3.66. The van der Waals surface area contributed by atoms with Crippen LogP contribution in [0.15, 0.2) is 30.3 Å². The summed E-state index contributed by atoms with van der Waals surface area (Å²) < 4.78 is 35.3. The van der Waals surface area contributed by atoms with Gasteiger partial charge in [-0.1, -0.05) is 30.3 Å². The first-order valence-corrected chi connectivity index (χ1v) is 10.1. The standard InChI is InChI=1S/C18H27NO5S/c1-14-12-16(10-11-19(14)17(20)23-18(2,3)4)24-25(21,22)13-15-8-6-5-7-9-15/h5-9,14,16H,10-13H2,1-4H3/t14-,16+/m0/s1. The second-order valence-electron chi connectivity index (χ2n) is 7.45. The molecule has 6 nitrogen and oxygen atoms in total. The number of benzene rings is 1. The van der Waals surface area contributed by atoms with Crippen LogP contribution < -0.4 is 0 Å². The molecule has 1 heterocycles. The zero-order valence-electron chi connectivity index (χ0n) is 15.3. The fourth-order valence-electron chi connectivity index (χ4n) is 2.83. The molecule has 0 saturated carbocycles. The Morgan fingerprint density at radius 1 is 1.24 bits per heavy atom. The summed E-state index contributed by atoms with van der Waals surface area (Å²) in [6, 6.07) is 8.81. The summed E-state index contributed by atoms with van der Waals surface area (Å²) in [5.41, 5.74) is 0.144. The van der Waals surface area contributed by atoms with Gasteiger partial charge in [-0.05, 0) is 46.1 Å². The van der Waals surface area contributed by atoms with Gasteiger partial charge in [0.05, 0.1) is 6.10 Å². The largest absolute Gasteiger partial charge is 0.444 e. The Morgan fingerprint density at radius 2 is 1.88 bits per heavy atom. The van der Waals surface area contributed by atoms with Crippen molar-refractivity contribution in [2.75, 3.05) is 6.54 Å². The van der Waals surface area contributed by atoms with Crippen LogP contribution >= 0.6 is 0 Å². The SMILES string of the molecule is C[C@H]1C[C@H](OS(=O)(=O)Cc2ccccc2)CCN1C(=O)OC(C)(C)C. The highest BCUT2D eigenvalue weighted by molar-refractivity contribution is 7.85. The van der Waals surface area contributed by atoms with Gasteiger partial charge in [0.25, 0.3) is 10.1 Å². The molecule has 1 aliphatic rings. The molecule has 0 radical (unpaired) electrons. The Balaban J connectivity index is 1.91. The zero-order valence-corrected chi connectivity index (χ0v) is 16.1. The molecule has 140 valence electrons. The Bertz CT molecular complexity index is 681. The lowest BCUT2D eigenvalue weighted by Gasteiger charge is -2.37. The predicted octanol–water partition coefficient (Wildman–Crippen LogP) is 3.32. The molecule has 0 N–H and O–H groups in total. The average Bonchev–Trinajstić information content (AvgIpc) is 2.45. The second-order valence-corrected chi connectivity index (χ2v) is 9.05. The fraction of sp³-hybridized carbons (Fsp3) is 0.611. The molecule has 1 aliphatic heterocycles. The van der Waals surface area contributed by atoms with E-state index in [4.69, 9.17) is 8.92 Å². The average molecular weight is 369 g/mol. The maximum Gasteiger partial charge on any atom is 0.410 e. The van der Waals surface area contributed by atoms with Crippen molar-refractivity contribution in [2.45, 2.75) is 64.0 Å². The van der Waals surface area contributed by atoms with Crippen molar-refractivity contribution in [1.82, 2.24) is 4.90 Å². The molecule has 0 aliphatic carbocycles. The minimum absolute atomic E-state index is 0.138. The Hall–Kier alpha value is -1.60. The van der Waals surface area contributed by atoms with Gasteiger partial charge in [-0.3, -0.25) is 4.18 Å². The number of carbonyl (C=O) groups is 1. The summed E-state index contributed by atoms with van der Waals surface area (Å²) in [5.74, 6) is -0.144. The highest BCUT2D eigenvalue weighted by atomic mass is 32.2. The van der Waals surface area contributed by atoms with E-state index in [1.165, 1.54) is 0 Å². The van der Waals surface area contributed by atoms with E-state index in [2.05, 4.69) is 0 Å². The van der Waals surface area contributed by atoms with Crippen LogP contribution in [0.5, 0.6) is 0 Å². The first-order valence-electron chi connectivity index (χ1n) is 8.50. The first-order chi connectivity index (χ1) is 11.6. The lowest BCUT2D eigenvalue weighted by molar-refractivity contribution is -0.000155. The molecule has 0 spiro atoms. The number of carbonyl (C=O) groups excluding carboxylic acids is 1. The monoisotopic (exact) mass is 369 g/mol. The molecule has 1 amide bonds. The molecular formula is C18H27NO5S. The molecule has 1 aromatic carbocycles. The van der Waals surface area contributed by atoms with Gasteiger partial charge in [0.15, 0.2) is 0 Å². The number of piperidine rings is 1. The lowest BCUT2D eigenvalue weighted by Crippen LogP contribution is -2.48. The molecule has 0 aromatic heterocycles. The quantitative estimate of drug-likeness (QED) is 0.761.